The molecule has 1 atom stereocenters. The summed E-state index contributed by atoms with van der Waals surface area (Å²) in [6, 6.07) is 40.2. The third kappa shape index (κ3) is 10.2. The van der Waals surface area contributed by atoms with Crippen LogP contribution in [0.15, 0.2) is 140 Å². The van der Waals surface area contributed by atoms with Crippen molar-refractivity contribution in [2.24, 2.45) is 0 Å². The van der Waals surface area contributed by atoms with Gasteiger partial charge in [-0.05, 0) is 56.0 Å². The highest BCUT2D eigenvalue weighted by molar-refractivity contribution is 6.31. The van der Waals surface area contributed by atoms with E-state index in [-0.39, 0.29) is 31.3 Å². The molecule has 10 nitrogen and oxygen atoms in total. The highest BCUT2D eigenvalue weighted by Gasteiger charge is 2.42. The molecule has 1 unspecified atom stereocenters. The molecule has 0 saturated heterocycles. The highest BCUT2D eigenvalue weighted by atomic mass is 35.5. The maximum absolute atomic E-state index is 14.0. The van der Waals surface area contributed by atoms with Crippen LogP contribution in [0.3, 0.4) is 0 Å². The Hall–Kier alpha value is -6.39. The summed E-state index contributed by atoms with van der Waals surface area (Å²) in [7, 11) is 0. The first-order valence-electron chi connectivity index (χ1n) is 19.3. The number of carbonyl (C=O) groups is 4. The van der Waals surface area contributed by atoms with Crippen molar-refractivity contribution in [1.82, 2.24) is 15.5 Å². The molecular formula is C48H48ClN3O7. The predicted molar refractivity (Wildman–Crippen MR) is 228 cm³/mol. The number of nitrogens with one attached hydrogen (secondary N) is 2. The summed E-state index contributed by atoms with van der Waals surface area (Å²) in [5.74, 6) is -2.11. The lowest BCUT2D eigenvalue weighted by Crippen LogP contribution is -2.45. The molecule has 0 saturated carbocycles. The van der Waals surface area contributed by atoms with Crippen molar-refractivity contribution in [3.8, 4) is 11.1 Å². The lowest BCUT2D eigenvalue weighted by molar-refractivity contribution is -0.154. The van der Waals surface area contributed by atoms with Gasteiger partial charge in [-0.25, -0.2) is 4.79 Å². The van der Waals surface area contributed by atoms with Gasteiger partial charge in [0.15, 0.2) is 5.60 Å². The molecule has 5 aromatic carbocycles. The number of amides is 2. The van der Waals surface area contributed by atoms with Crippen molar-refractivity contribution in [2.45, 2.75) is 44.8 Å². The molecule has 0 heterocycles. The number of halogens is 1. The van der Waals surface area contributed by atoms with Crippen LogP contribution < -0.4 is 10.6 Å². The number of carbonyl (C=O) groups excluding carboxylic acids is 4. The Morgan fingerprint density at radius 2 is 1.22 bits per heavy atom. The lowest BCUT2D eigenvalue weighted by Gasteiger charge is -2.36. The van der Waals surface area contributed by atoms with Crippen molar-refractivity contribution in [1.29, 1.82) is 0 Å². The minimum Gasteiger partial charge on any atom is -0.459 e. The molecule has 59 heavy (non-hydrogen) atoms. The van der Waals surface area contributed by atoms with Gasteiger partial charge < -0.3 is 24.8 Å². The molecule has 5 aromatic rings. The fraction of sp³-hybridized carbons (Fsp3) is 0.250. The summed E-state index contributed by atoms with van der Waals surface area (Å²) in [6.45, 7) is 9.81. The average Bonchev–Trinajstić information content (AvgIpc) is 3.54. The fourth-order valence-electron chi connectivity index (χ4n) is 7.20. The molecule has 0 aromatic heterocycles. The molecule has 0 spiro atoms. The van der Waals surface area contributed by atoms with Crippen LogP contribution >= 0.6 is 11.6 Å². The Morgan fingerprint density at radius 1 is 0.678 bits per heavy atom. The van der Waals surface area contributed by atoms with Crippen molar-refractivity contribution >= 4 is 35.5 Å². The fourth-order valence-corrected chi connectivity index (χ4v) is 7.47. The van der Waals surface area contributed by atoms with Gasteiger partial charge in [-0.2, -0.15) is 0 Å². The van der Waals surface area contributed by atoms with E-state index in [1.54, 1.807) is 26.8 Å². The molecule has 2 amide bonds. The van der Waals surface area contributed by atoms with Crippen LogP contribution in [0, 0.1) is 6.92 Å². The predicted octanol–water partition coefficient (Wildman–Crippen LogP) is 8.30. The number of hydrogen-bond donors (Lipinski definition) is 2. The smallest absolute Gasteiger partial charge is 0.410 e. The van der Waals surface area contributed by atoms with Crippen molar-refractivity contribution < 1.29 is 33.4 Å². The first-order chi connectivity index (χ1) is 28.2. The van der Waals surface area contributed by atoms with Gasteiger partial charge in [-0.3, -0.25) is 19.3 Å². The van der Waals surface area contributed by atoms with E-state index in [4.69, 9.17) is 25.8 Å². The van der Waals surface area contributed by atoms with E-state index < -0.39 is 48.2 Å². The Morgan fingerprint density at radius 3 is 1.85 bits per heavy atom. The van der Waals surface area contributed by atoms with Crippen molar-refractivity contribution in [3.63, 3.8) is 0 Å². The minimum atomic E-state index is -1.42. The first kappa shape index (κ1) is 42.2. The van der Waals surface area contributed by atoms with Gasteiger partial charge in [0.1, 0.15) is 31.8 Å². The SMILES string of the molecule is C=C(CN(CC(=O)NCC(=O)OC(C)(C)C)C(=O)OCC1c2ccccc2-c2ccccc21)[15NH][13CH2][13C](=O)OC(c1ccccc1)(c1ccc(C)cc1)c1ccccc1Cl. The maximum atomic E-state index is 14.0. The van der Waals surface area contributed by atoms with Gasteiger partial charge in [0.05, 0.1) is 6.54 Å². The molecule has 1 aliphatic carbocycles. The van der Waals surface area contributed by atoms with Crippen LogP contribution in [0.25, 0.3) is 11.1 Å². The van der Waals surface area contributed by atoms with Gasteiger partial charge in [0.25, 0.3) is 0 Å². The zero-order valence-corrected chi connectivity index (χ0v) is 34.4. The maximum Gasteiger partial charge on any atom is 0.410 e. The average molecular weight is 817 g/mol. The molecule has 0 bridgehead atoms. The number of benzene rings is 5. The highest BCUT2D eigenvalue weighted by Crippen LogP contribution is 2.45. The largest absolute Gasteiger partial charge is 0.459 e. The third-order valence-electron chi connectivity index (χ3n) is 9.80. The zero-order chi connectivity index (χ0) is 42.2. The summed E-state index contributed by atoms with van der Waals surface area (Å²) < 4.78 is 17.7. The lowest BCUT2D eigenvalue weighted by atomic mass is 9.80. The van der Waals surface area contributed by atoms with Crippen LogP contribution in [0.5, 0.6) is 0 Å². The molecule has 0 aliphatic heterocycles. The molecule has 6 rings (SSSR count). The zero-order valence-electron chi connectivity index (χ0n) is 33.6. The van der Waals surface area contributed by atoms with E-state index >= 15 is 0 Å². The van der Waals surface area contributed by atoms with Crippen LogP contribution in [-0.2, 0) is 34.2 Å². The van der Waals surface area contributed by atoms with Gasteiger partial charge in [-0.1, -0.05) is 145 Å². The second kappa shape index (κ2) is 18.5. The molecule has 1 aliphatic rings. The summed E-state index contributed by atoms with van der Waals surface area (Å²) in [6.07, 6.45) is -0.786. The number of fused-ring (bicyclic) bond motifs is 3. The van der Waals surface area contributed by atoms with E-state index in [1.165, 1.54) is 0 Å². The van der Waals surface area contributed by atoms with Gasteiger partial charge in [0.2, 0.25) is 5.91 Å². The van der Waals surface area contributed by atoms with E-state index in [2.05, 4.69) is 17.2 Å². The van der Waals surface area contributed by atoms with Gasteiger partial charge in [-0.15, -0.1) is 0 Å². The minimum absolute atomic E-state index is 0.0116. The Bertz CT molecular complexity index is 2280. The Labute approximate surface area is 350 Å². The molecule has 11 heteroatoms. The molecule has 2 N–H and O–H groups in total. The van der Waals surface area contributed by atoms with Crippen LogP contribution in [0.2, 0.25) is 5.02 Å². The van der Waals surface area contributed by atoms with E-state index in [0.717, 1.165) is 32.7 Å². The van der Waals surface area contributed by atoms with E-state index in [1.807, 2.05) is 128 Å². The van der Waals surface area contributed by atoms with Crippen LogP contribution in [-0.4, -0.2) is 67.2 Å². The van der Waals surface area contributed by atoms with Crippen molar-refractivity contribution in [3.05, 3.63) is 178 Å². The summed E-state index contributed by atoms with van der Waals surface area (Å²) in [5.41, 5.74) is 5.23. The standard InChI is InChI=1S/C48H48ClN3O7/c1-32-23-25-35(26-24-32)48(34-15-7-6-8-16-34,41-21-13-14-22-42(41)49)59-45(55)27-50-33(2)29-52(30-43(53)51-28-44(54)58-47(3,4)5)46(56)57-31-40-38-19-11-9-17-36(38)37-18-10-12-20-39(37)40/h6-26,40,50H,2,27-31H2,1,3-5H3,(H,51,53)/i27+1,45+1,50+1. The van der Waals surface area contributed by atoms with E-state index in [9.17, 15) is 19.2 Å². The monoisotopic (exact) mass is 816 g/mol. The topological polar surface area (TPSA) is 123 Å². The summed E-state index contributed by atoms with van der Waals surface area (Å²) in [5, 5.41) is 5.91. The number of rotatable bonds is 15. The Kier molecular flexibility index (Phi) is 13.2. The third-order valence-corrected chi connectivity index (χ3v) is 10.1. The second-order valence-corrected chi connectivity index (χ2v) is 15.8. The van der Waals surface area contributed by atoms with Crippen LogP contribution in [0.1, 0.15) is 60.1 Å². The molecular weight excluding hydrogens is 769 g/mol. The van der Waals surface area contributed by atoms with Crippen LogP contribution in [0.4, 0.5) is 4.79 Å². The second-order valence-electron chi connectivity index (χ2n) is 15.3. The normalized spacial score (nSPS) is 12.9. The number of esters is 2. The summed E-state index contributed by atoms with van der Waals surface area (Å²) >= 11 is 6.84. The quantitative estimate of drug-likeness (QED) is 0.0356. The number of nitrogens with zero attached hydrogens (tertiary/aromatic N) is 1. The molecule has 0 radical (unpaired) electrons. The number of hydrogen-bond acceptors (Lipinski definition) is 8. The molecule has 0 fully saturated rings. The Balaban J connectivity index is 1.19. The summed E-state index contributed by atoms with van der Waals surface area (Å²) in [4.78, 5) is 54.5. The number of aryl methyl sites for hydroxylation is 1. The van der Waals surface area contributed by atoms with Crippen molar-refractivity contribution in [2.75, 3.05) is 32.8 Å². The number of ether oxygens (including phenoxy) is 3. The van der Waals surface area contributed by atoms with Gasteiger partial charge in [0, 0.05) is 33.3 Å². The van der Waals surface area contributed by atoms with Gasteiger partial charge >= 0.3 is 18.0 Å². The first-order valence-corrected chi connectivity index (χ1v) is 19.7. The molecule has 304 valence electrons. The van der Waals surface area contributed by atoms with E-state index in [0.29, 0.717) is 21.7 Å².